The number of fused-ring (bicyclic) bond motifs is 1. The number of thioether (sulfide) groups is 1. The molecule has 0 spiro atoms. The van der Waals surface area contributed by atoms with Gasteiger partial charge in [-0.2, -0.15) is 4.37 Å². The molecule has 0 unspecified atom stereocenters. The number of methoxy groups -OCH3 is 1. The van der Waals surface area contributed by atoms with Crippen molar-refractivity contribution in [2.24, 2.45) is 0 Å². The minimum atomic E-state index is 0.518. The summed E-state index contributed by atoms with van der Waals surface area (Å²) in [4.78, 5) is 8.77. The third kappa shape index (κ3) is 3.28. The number of halogens is 1. The number of benzene rings is 1. The van der Waals surface area contributed by atoms with Crippen LogP contribution in [-0.4, -0.2) is 21.5 Å². The van der Waals surface area contributed by atoms with Gasteiger partial charge in [0.25, 0.3) is 0 Å². The maximum atomic E-state index is 6.27. The van der Waals surface area contributed by atoms with Crippen molar-refractivity contribution in [3.63, 3.8) is 0 Å². The minimum absolute atomic E-state index is 0.518. The van der Waals surface area contributed by atoms with Crippen LogP contribution in [0.25, 0.3) is 10.9 Å². The van der Waals surface area contributed by atoms with Gasteiger partial charge in [0.15, 0.2) is 4.34 Å². The SMILES string of the molecule is COc1ccc2cc(CSc3nc(C)ns3)c(Cl)nc2c1. The molecule has 0 saturated carbocycles. The highest BCUT2D eigenvalue weighted by atomic mass is 35.5. The predicted molar refractivity (Wildman–Crippen MR) is 87.5 cm³/mol. The number of ether oxygens (including phenoxy) is 1. The standard InChI is InChI=1S/C14H12ClN3OS2/c1-8-16-14(21-18-8)20-7-10-5-9-3-4-11(19-2)6-12(9)17-13(10)15/h3-6H,7H2,1-2H3. The summed E-state index contributed by atoms with van der Waals surface area (Å²) in [6, 6.07) is 7.85. The molecule has 7 heteroatoms. The van der Waals surface area contributed by atoms with Crippen LogP contribution in [0.5, 0.6) is 5.75 Å². The zero-order valence-electron chi connectivity index (χ0n) is 11.5. The summed E-state index contributed by atoms with van der Waals surface area (Å²) in [5, 5.41) is 1.56. The van der Waals surface area contributed by atoms with Crippen molar-refractivity contribution in [1.29, 1.82) is 0 Å². The van der Waals surface area contributed by atoms with E-state index in [2.05, 4.69) is 20.4 Å². The topological polar surface area (TPSA) is 47.9 Å². The number of aryl methyl sites for hydroxylation is 1. The average molecular weight is 338 g/mol. The molecular weight excluding hydrogens is 326 g/mol. The fourth-order valence-corrected chi connectivity index (χ4v) is 3.78. The average Bonchev–Trinajstić information content (AvgIpc) is 2.90. The van der Waals surface area contributed by atoms with E-state index in [1.54, 1.807) is 18.9 Å². The van der Waals surface area contributed by atoms with E-state index in [9.17, 15) is 0 Å². The molecule has 2 heterocycles. The van der Waals surface area contributed by atoms with Crippen LogP contribution < -0.4 is 4.74 Å². The van der Waals surface area contributed by atoms with Crippen LogP contribution in [0.15, 0.2) is 28.6 Å². The zero-order valence-corrected chi connectivity index (χ0v) is 13.8. The van der Waals surface area contributed by atoms with Crippen molar-refractivity contribution in [3.05, 3.63) is 40.8 Å². The molecule has 1 aromatic carbocycles. The number of aromatic nitrogens is 3. The normalized spacial score (nSPS) is 11.0. The molecule has 3 aromatic rings. The first-order chi connectivity index (χ1) is 10.2. The van der Waals surface area contributed by atoms with Crippen molar-refractivity contribution in [2.45, 2.75) is 17.0 Å². The lowest BCUT2D eigenvalue weighted by Crippen LogP contribution is -1.90. The van der Waals surface area contributed by atoms with E-state index in [1.165, 1.54) is 11.5 Å². The molecular formula is C14H12ClN3OS2. The van der Waals surface area contributed by atoms with Gasteiger partial charge in [0.05, 0.1) is 12.6 Å². The Balaban J connectivity index is 1.86. The lowest BCUT2D eigenvalue weighted by atomic mass is 10.1. The molecule has 0 aliphatic heterocycles. The van der Waals surface area contributed by atoms with Gasteiger partial charge >= 0.3 is 0 Å². The molecule has 0 fully saturated rings. The van der Waals surface area contributed by atoms with Gasteiger partial charge in [-0.15, -0.1) is 0 Å². The summed E-state index contributed by atoms with van der Waals surface area (Å²) in [5.74, 6) is 2.30. The molecule has 3 rings (SSSR count). The van der Waals surface area contributed by atoms with Crippen LogP contribution in [0.3, 0.4) is 0 Å². The number of hydrogen-bond donors (Lipinski definition) is 0. The highest BCUT2D eigenvalue weighted by molar-refractivity contribution is 8.00. The first-order valence-corrected chi connectivity index (χ1v) is 8.35. The summed E-state index contributed by atoms with van der Waals surface area (Å²) in [5.41, 5.74) is 1.83. The molecule has 0 saturated heterocycles. The van der Waals surface area contributed by atoms with Crippen molar-refractivity contribution in [1.82, 2.24) is 14.3 Å². The molecule has 108 valence electrons. The van der Waals surface area contributed by atoms with Crippen molar-refractivity contribution >= 4 is 45.8 Å². The lowest BCUT2D eigenvalue weighted by Gasteiger charge is -2.06. The largest absolute Gasteiger partial charge is 0.497 e. The Morgan fingerprint density at radius 3 is 2.86 bits per heavy atom. The van der Waals surface area contributed by atoms with Crippen LogP contribution in [0, 0.1) is 6.92 Å². The Morgan fingerprint density at radius 1 is 1.29 bits per heavy atom. The fourth-order valence-electron chi connectivity index (χ4n) is 1.87. The van der Waals surface area contributed by atoms with Gasteiger partial charge in [0.1, 0.15) is 16.7 Å². The Hall–Kier alpha value is -1.37. The first kappa shape index (κ1) is 14.6. The quantitative estimate of drug-likeness (QED) is 0.523. The molecule has 0 N–H and O–H groups in total. The predicted octanol–water partition coefficient (Wildman–Crippen LogP) is 4.35. The van der Waals surface area contributed by atoms with Gasteiger partial charge in [0, 0.05) is 22.8 Å². The van der Waals surface area contributed by atoms with Gasteiger partial charge in [-0.05, 0) is 36.7 Å². The number of rotatable bonds is 4. The molecule has 21 heavy (non-hydrogen) atoms. The molecule has 0 radical (unpaired) electrons. The van der Waals surface area contributed by atoms with Crippen LogP contribution in [0.4, 0.5) is 0 Å². The van der Waals surface area contributed by atoms with Gasteiger partial charge in [-0.1, -0.05) is 23.4 Å². The fraction of sp³-hybridized carbons (Fsp3) is 0.214. The van der Waals surface area contributed by atoms with Gasteiger partial charge in [-0.3, -0.25) is 0 Å². The van der Waals surface area contributed by atoms with Crippen LogP contribution in [0.2, 0.25) is 5.15 Å². The molecule has 0 amide bonds. The smallest absolute Gasteiger partial charge is 0.170 e. The molecule has 0 atom stereocenters. The Morgan fingerprint density at radius 2 is 2.14 bits per heavy atom. The monoisotopic (exact) mass is 337 g/mol. The van der Waals surface area contributed by atoms with E-state index in [0.717, 1.165) is 38.1 Å². The lowest BCUT2D eigenvalue weighted by molar-refractivity contribution is 0.415. The van der Waals surface area contributed by atoms with Crippen LogP contribution in [0.1, 0.15) is 11.4 Å². The summed E-state index contributed by atoms with van der Waals surface area (Å²) in [6.07, 6.45) is 0. The zero-order chi connectivity index (χ0) is 14.8. The van der Waals surface area contributed by atoms with Gasteiger partial charge in [0.2, 0.25) is 0 Å². The Kier molecular flexibility index (Phi) is 4.28. The third-order valence-corrected chi connectivity index (χ3v) is 5.21. The Labute approximate surface area is 135 Å². The number of pyridine rings is 1. The van der Waals surface area contributed by atoms with E-state index < -0.39 is 0 Å². The summed E-state index contributed by atoms with van der Waals surface area (Å²) in [6.45, 7) is 1.89. The van der Waals surface area contributed by atoms with Crippen LogP contribution >= 0.6 is 34.9 Å². The van der Waals surface area contributed by atoms with Gasteiger partial charge < -0.3 is 4.74 Å². The van der Waals surface area contributed by atoms with Crippen LogP contribution in [-0.2, 0) is 5.75 Å². The second-order valence-electron chi connectivity index (χ2n) is 4.39. The maximum Gasteiger partial charge on any atom is 0.170 e. The molecule has 2 aromatic heterocycles. The number of hydrogen-bond acceptors (Lipinski definition) is 6. The van der Waals surface area contributed by atoms with E-state index >= 15 is 0 Å². The second kappa shape index (κ2) is 6.17. The first-order valence-electron chi connectivity index (χ1n) is 6.22. The molecule has 0 aliphatic rings. The summed E-state index contributed by atoms with van der Waals surface area (Å²) < 4.78 is 10.3. The van der Waals surface area contributed by atoms with Crippen molar-refractivity contribution in [3.8, 4) is 5.75 Å². The summed E-state index contributed by atoms with van der Waals surface area (Å²) >= 11 is 9.30. The van der Waals surface area contributed by atoms with E-state index in [0.29, 0.717) is 5.15 Å². The highest BCUT2D eigenvalue weighted by Crippen LogP contribution is 2.30. The third-order valence-electron chi connectivity index (χ3n) is 2.91. The van der Waals surface area contributed by atoms with E-state index in [4.69, 9.17) is 16.3 Å². The second-order valence-corrected chi connectivity index (χ2v) is 6.73. The summed E-state index contributed by atoms with van der Waals surface area (Å²) in [7, 11) is 1.64. The van der Waals surface area contributed by atoms with Crippen molar-refractivity contribution < 1.29 is 4.74 Å². The maximum absolute atomic E-state index is 6.27. The minimum Gasteiger partial charge on any atom is -0.497 e. The molecule has 0 aliphatic carbocycles. The number of nitrogens with zero attached hydrogens (tertiary/aromatic N) is 3. The van der Waals surface area contributed by atoms with Crippen molar-refractivity contribution in [2.75, 3.05) is 7.11 Å². The highest BCUT2D eigenvalue weighted by Gasteiger charge is 2.08. The Bertz CT molecular complexity index is 791. The van der Waals surface area contributed by atoms with E-state index in [1.807, 2.05) is 25.1 Å². The molecule has 0 bridgehead atoms. The molecule has 4 nitrogen and oxygen atoms in total. The van der Waals surface area contributed by atoms with Gasteiger partial charge in [-0.25, -0.2) is 9.97 Å². The van der Waals surface area contributed by atoms with E-state index in [-0.39, 0.29) is 0 Å².